The van der Waals surface area contributed by atoms with Gasteiger partial charge in [0.15, 0.2) is 0 Å². The van der Waals surface area contributed by atoms with Crippen LogP contribution in [0.3, 0.4) is 0 Å². The molecule has 2 nitrogen and oxygen atoms in total. The Hall–Kier alpha value is -1.23. The largest absolute Gasteiger partial charge is 0.406 e. The highest BCUT2D eigenvalue weighted by Gasteiger charge is 2.33. The molecule has 0 atom stereocenters. The summed E-state index contributed by atoms with van der Waals surface area (Å²) >= 11 is 5.69. The van der Waals surface area contributed by atoms with Gasteiger partial charge >= 0.3 is 6.18 Å². The zero-order chi connectivity index (χ0) is 14.6. The third kappa shape index (κ3) is 5.51. The molecule has 0 aliphatic heterocycles. The predicted octanol–water partition coefficient (Wildman–Crippen LogP) is 4.28. The number of hydrogen-bond donors (Lipinski definition) is 0. The van der Waals surface area contributed by atoms with E-state index in [1.807, 2.05) is 0 Å². The maximum atomic E-state index is 12.5. The van der Waals surface area contributed by atoms with Crippen LogP contribution in [0.5, 0.6) is 0 Å². The van der Waals surface area contributed by atoms with Gasteiger partial charge in [0.1, 0.15) is 6.54 Å². The predicted molar refractivity (Wildman–Crippen MR) is 69.3 cm³/mol. The lowest BCUT2D eigenvalue weighted by atomic mass is 10.1. The van der Waals surface area contributed by atoms with Gasteiger partial charge in [-0.2, -0.15) is 13.2 Å². The van der Waals surface area contributed by atoms with Crippen LogP contribution in [-0.4, -0.2) is 18.6 Å². The molecule has 0 heterocycles. The Bertz CT molecular complexity index is 429. The van der Waals surface area contributed by atoms with E-state index in [2.05, 4.69) is 0 Å². The first-order valence-corrected chi connectivity index (χ1v) is 6.19. The topological polar surface area (TPSA) is 20.3 Å². The number of carbonyl (C=O) groups is 1. The first-order chi connectivity index (χ1) is 8.69. The number of nitrogens with zero attached hydrogens (tertiary/aromatic N) is 1. The molecule has 0 radical (unpaired) electrons. The molecule has 0 aromatic heterocycles. The van der Waals surface area contributed by atoms with E-state index in [9.17, 15) is 18.0 Å². The van der Waals surface area contributed by atoms with Crippen LogP contribution in [0.25, 0.3) is 0 Å². The van der Waals surface area contributed by atoms with E-state index in [1.54, 1.807) is 13.8 Å². The molecule has 6 heteroatoms. The number of hydrogen-bond acceptors (Lipinski definition) is 1. The molecule has 0 N–H and O–H groups in total. The molecule has 0 fully saturated rings. The summed E-state index contributed by atoms with van der Waals surface area (Å²) in [4.78, 5) is 12.7. The van der Waals surface area contributed by atoms with Crippen LogP contribution in [0.4, 0.5) is 18.9 Å². The maximum Gasteiger partial charge on any atom is 0.406 e. The van der Waals surface area contributed by atoms with Crippen molar-refractivity contribution in [3.8, 4) is 0 Å². The van der Waals surface area contributed by atoms with Crippen LogP contribution in [0.1, 0.15) is 20.3 Å². The van der Waals surface area contributed by atoms with Crippen molar-refractivity contribution in [3.05, 3.63) is 29.3 Å². The maximum absolute atomic E-state index is 12.5. The molecule has 0 aliphatic carbocycles. The summed E-state index contributed by atoms with van der Waals surface area (Å²) < 4.78 is 37.6. The average molecular weight is 294 g/mol. The van der Waals surface area contributed by atoms with Crippen molar-refractivity contribution in [3.63, 3.8) is 0 Å². The molecule has 0 unspecified atom stereocenters. The Morgan fingerprint density at radius 1 is 1.26 bits per heavy atom. The molecular weight excluding hydrogens is 279 g/mol. The summed E-state index contributed by atoms with van der Waals surface area (Å²) in [6.45, 7) is 2.28. The third-order valence-corrected chi connectivity index (χ3v) is 2.61. The van der Waals surface area contributed by atoms with Crippen LogP contribution < -0.4 is 4.90 Å². The second-order valence-corrected chi connectivity index (χ2v) is 5.11. The zero-order valence-corrected chi connectivity index (χ0v) is 11.4. The molecule has 0 saturated heterocycles. The van der Waals surface area contributed by atoms with Gasteiger partial charge in [-0.25, -0.2) is 0 Å². The van der Waals surface area contributed by atoms with E-state index >= 15 is 0 Å². The third-order valence-electron chi connectivity index (χ3n) is 2.36. The summed E-state index contributed by atoms with van der Waals surface area (Å²) in [5.74, 6) is -0.551. The highest BCUT2D eigenvalue weighted by Crippen LogP contribution is 2.25. The summed E-state index contributed by atoms with van der Waals surface area (Å²) in [5, 5.41) is 0.409. The fourth-order valence-corrected chi connectivity index (χ4v) is 1.71. The normalized spacial score (nSPS) is 11.7. The Morgan fingerprint density at radius 3 is 2.21 bits per heavy atom. The molecule has 0 aliphatic rings. The van der Waals surface area contributed by atoms with E-state index in [4.69, 9.17) is 11.6 Å². The zero-order valence-electron chi connectivity index (χ0n) is 10.7. The van der Waals surface area contributed by atoms with Crippen LogP contribution in [0.2, 0.25) is 5.02 Å². The standard InChI is InChI=1S/C13H15ClF3NO/c1-9(2)7-12(19)18(8-13(15,16)17)11-5-3-10(14)4-6-11/h3-6,9H,7-8H2,1-2H3. The van der Waals surface area contributed by atoms with Gasteiger partial charge in [0.05, 0.1) is 0 Å². The molecule has 1 amide bonds. The fourth-order valence-electron chi connectivity index (χ4n) is 1.58. The molecular formula is C13H15ClF3NO. The van der Waals surface area contributed by atoms with Crippen LogP contribution >= 0.6 is 11.6 Å². The Labute approximate surface area is 115 Å². The number of halogens is 4. The van der Waals surface area contributed by atoms with Gasteiger partial charge in [-0.05, 0) is 30.2 Å². The lowest BCUT2D eigenvalue weighted by molar-refractivity contribution is -0.132. The first kappa shape index (κ1) is 15.8. The molecule has 106 valence electrons. The van der Waals surface area contributed by atoms with E-state index in [-0.39, 0.29) is 18.0 Å². The molecule has 1 aromatic rings. The van der Waals surface area contributed by atoms with E-state index in [1.165, 1.54) is 24.3 Å². The van der Waals surface area contributed by atoms with Gasteiger partial charge in [-0.15, -0.1) is 0 Å². The van der Waals surface area contributed by atoms with Gasteiger partial charge in [0.2, 0.25) is 5.91 Å². The highest BCUT2D eigenvalue weighted by molar-refractivity contribution is 6.30. The molecule has 0 saturated carbocycles. The molecule has 0 spiro atoms. The number of alkyl halides is 3. The molecule has 19 heavy (non-hydrogen) atoms. The fraction of sp³-hybridized carbons (Fsp3) is 0.462. The lowest BCUT2D eigenvalue weighted by Gasteiger charge is -2.25. The van der Waals surface area contributed by atoms with Gasteiger partial charge in [-0.3, -0.25) is 4.79 Å². The quantitative estimate of drug-likeness (QED) is 0.811. The van der Waals surface area contributed by atoms with Crippen molar-refractivity contribution in [2.45, 2.75) is 26.4 Å². The van der Waals surface area contributed by atoms with E-state index in [0.717, 1.165) is 4.90 Å². The van der Waals surface area contributed by atoms with Gasteiger partial charge in [0.25, 0.3) is 0 Å². The van der Waals surface area contributed by atoms with E-state index in [0.29, 0.717) is 5.02 Å². The van der Waals surface area contributed by atoms with Crippen molar-refractivity contribution >= 4 is 23.2 Å². The van der Waals surface area contributed by atoms with Crippen molar-refractivity contribution in [1.29, 1.82) is 0 Å². The van der Waals surface area contributed by atoms with Gasteiger partial charge in [-0.1, -0.05) is 25.4 Å². The number of carbonyl (C=O) groups excluding carboxylic acids is 1. The van der Waals surface area contributed by atoms with Crippen LogP contribution in [0.15, 0.2) is 24.3 Å². The number of rotatable bonds is 4. The van der Waals surface area contributed by atoms with Crippen molar-refractivity contribution in [2.75, 3.05) is 11.4 Å². The minimum Gasteiger partial charge on any atom is -0.303 e. The Kier molecular flexibility index (Phi) is 5.23. The summed E-state index contributed by atoms with van der Waals surface area (Å²) in [6, 6.07) is 5.74. The molecule has 0 bridgehead atoms. The van der Waals surface area contributed by atoms with Crippen LogP contribution in [-0.2, 0) is 4.79 Å². The summed E-state index contributed by atoms with van der Waals surface area (Å²) in [5.41, 5.74) is 0.201. The minimum atomic E-state index is -4.44. The summed E-state index contributed by atoms with van der Waals surface area (Å²) in [6.07, 6.45) is -4.37. The van der Waals surface area contributed by atoms with Crippen LogP contribution in [0, 0.1) is 5.92 Å². The van der Waals surface area contributed by atoms with Crippen molar-refractivity contribution in [2.24, 2.45) is 5.92 Å². The smallest absolute Gasteiger partial charge is 0.303 e. The highest BCUT2D eigenvalue weighted by atomic mass is 35.5. The lowest BCUT2D eigenvalue weighted by Crippen LogP contribution is -2.39. The van der Waals surface area contributed by atoms with Gasteiger partial charge in [0, 0.05) is 17.1 Å². The van der Waals surface area contributed by atoms with Gasteiger partial charge < -0.3 is 4.90 Å². The van der Waals surface area contributed by atoms with E-state index < -0.39 is 18.6 Å². The molecule has 1 aromatic carbocycles. The van der Waals surface area contributed by atoms with Crippen molar-refractivity contribution in [1.82, 2.24) is 0 Å². The Balaban J connectivity index is 2.98. The first-order valence-electron chi connectivity index (χ1n) is 5.81. The number of amides is 1. The van der Waals surface area contributed by atoms with Crippen molar-refractivity contribution < 1.29 is 18.0 Å². The SMILES string of the molecule is CC(C)CC(=O)N(CC(F)(F)F)c1ccc(Cl)cc1. The monoisotopic (exact) mass is 293 g/mol. The number of benzene rings is 1. The number of anilines is 1. The second kappa shape index (κ2) is 6.28. The summed E-state index contributed by atoms with van der Waals surface area (Å²) in [7, 11) is 0. The minimum absolute atomic E-state index is 0.00414. The second-order valence-electron chi connectivity index (χ2n) is 4.67. The molecule has 1 rings (SSSR count). The average Bonchev–Trinajstić information content (AvgIpc) is 2.25. The Morgan fingerprint density at radius 2 is 1.79 bits per heavy atom.